The highest BCUT2D eigenvalue weighted by atomic mass is 35.5. The number of halogens is 1. The summed E-state index contributed by atoms with van der Waals surface area (Å²) in [7, 11) is 1.55. The van der Waals surface area contributed by atoms with Gasteiger partial charge in [-0.05, 0) is 54.7 Å². The van der Waals surface area contributed by atoms with E-state index < -0.39 is 6.10 Å². The third kappa shape index (κ3) is 4.11. The smallest absolute Gasteiger partial charge is 0.275 e. The van der Waals surface area contributed by atoms with Crippen LogP contribution in [0.1, 0.15) is 12.8 Å². The van der Waals surface area contributed by atoms with E-state index in [1.807, 2.05) is 30.3 Å². The molecule has 0 bridgehead atoms. The Morgan fingerprint density at radius 3 is 2.69 bits per heavy atom. The van der Waals surface area contributed by atoms with Gasteiger partial charge >= 0.3 is 0 Å². The molecule has 4 aromatic rings. The van der Waals surface area contributed by atoms with E-state index in [4.69, 9.17) is 21.1 Å². The zero-order chi connectivity index (χ0) is 22.2. The van der Waals surface area contributed by atoms with Crippen molar-refractivity contribution in [2.45, 2.75) is 18.9 Å². The van der Waals surface area contributed by atoms with Gasteiger partial charge < -0.3 is 14.6 Å². The van der Waals surface area contributed by atoms with Gasteiger partial charge in [0.25, 0.3) is 5.56 Å². The maximum atomic E-state index is 13.2. The minimum atomic E-state index is -0.470. The first-order valence-electron chi connectivity index (χ1n) is 10.3. The van der Waals surface area contributed by atoms with Gasteiger partial charge in [0.15, 0.2) is 11.5 Å². The summed E-state index contributed by atoms with van der Waals surface area (Å²) in [5, 5.41) is 10.7. The Hall–Kier alpha value is -2.87. The van der Waals surface area contributed by atoms with Crippen LogP contribution >= 0.6 is 22.9 Å². The molecule has 1 N–H and O–H groups in total. The molecule has 2 heterocycles. The number of benzene rings is 2. The van der Waals surface area contributed by atoms with Crippen molar-refractivity contribution in [3.05, 3.63) is 70.2 Å². The molecule has 0 aliphatic heterocycles. The molecule has 1 saturated carbocycles. The summed E-state index contributed by atoms with van der Waals surface area (Å²) in [4.78, 5) is 18.7. The number of hydrogen-bond donors (Lipinski definition) is 1. The monoisotopic (exact) mass is 468 g/mol. The summed E-state index contributed by atoms with van der Waals surface area (Å²) in [6, 6.07) is 14.7. The molecule has 0 spiro atoms. The Bertz CT molecular complexity index is 1330. The average Bonchev–Trinajstić information content (AvgIpc) is 3.57. The molecule has 0 radical (unpaired) electrons. The molecule has 1 atom stereocenters. The fourth-order valence-corrected chi connectivity index (χ4v) is 4.74. The molecule has 164 valence electrons. The van der Waals surface area contributed by atoms with Gasteiger partial charge in [0.05, 0.1) is 24.4 Å². The highest BCUT2D eigenvalue weighted by Gasteiger charge is 2.30. The summed E-state index contributed by atoms with van der Waals surface area (Å²) < 4.78 is 13.3. The number of aromatic nitrogens is 2. The largest absolute Gasteiger partial charge is 0.493 e. The fraction of sp³-hybridized carbons (Fsp3) is 0.250. The lowest BCUT2D eigenvalue weighted by molar-refractivity contribution is 0.0880. The van der Waals surface area contributed by atoms with E-state index in [2.05, 4.69) is 4.98 Å². The number of methoxy groups -OCH3 is 1. The van der Waals surface area contributed by atoms with E-state index in [-0.39, 0.29) is 12.2 Å². The first-order valence-corrected chi connectivity index (χ1v) is 11.5. The van der Waals surface area contributed by atoms with Crippen molar-refractivity contribution in [1.29, 1.82) is 0 Å². The molecule has 0 amide bonds. The van der Waals surface area contributed by atoms with Crippen LogP contribution in [0.2, 0.25) is 5.02 Å². The van der Waals surface area contributed by atoms with Gasteiger partial charge in [-0.3, -0.25) is 9.36 Å². The van der Waals surface area contributed by atoms with Crippen LogP contribution in [0.4, 0.5) is 0 Å². The fourth-order valence-electron chi connectivity index (χ4n) is 3.57. The number of nitrogens with zero attached hydrogens (tertiary/aromatic N) is 2. The van der Waals surface area contributed by atoms with Crippen LogP contribution in [-0.2, 0) is 0 Å². The molecule has 2 aromatic carbocycles. The van der Waals surface area contributed by atoms with Crippen LogP contribution in [-0.4, -0.2) is 34.5 Å². The number of aliphatic hydroxyl groups is 1. The van der Waals surface area contributed by atoms with Gasteiger partial charge in [-0.15, -0.1) is 11.3 Å². The highest BCUT2D eigenvalue weighted by molar-refractivity contribution is 7.22. The molecule has 8 heteroatoms. The minimum Gasteiger partial charge on any atom is -0.493 e. The van der Waals surface area contributed by atoms with Crippen LogP contribution in [0.3, 0.4) is 0 Å². The molecule has 1 fully saturated rings. The molecule has 6 nitrogen and oxygen atoms in total. The second-order valence-corrected chi connectivity index (χ2v) is 9.29. The summed E-state index contributed by atoms with van der Waals surface area (Å²) in [6.07, 6.45) is 3.14. The number of fused-ring (bicyclic) bond motifs is 1. The Morgan fingerprint density at radius 2 is 1.97 bits per heavy atom. The second-order valence-electron chi connectivity index (χ2n) is 7.80. The van der Waals surface area contributed by atoms with Crippen LogP contribution in [0.25, 0.3) is 26.3 Å². The molecule has 0 saturated heterocycles. The number of thiophene rings is 1. The number of rotatable bonds is 7. The van der Waals surface area contributed by atoms with Crippen LogP contribution in [0.5, 0.6) is 11.5 Å². The van der Waals surface area contributed by atoms with E-state index in [0.717, 1.165) is 23.3 Å². The average molecular weight is 469 g/mol. The van der Waals surface area contributed by atoms with Crippen molar-refractivity contribution in [2.75, 3.05) is 13.7 Å². The summed E-state index contributed by atoms with van der Waals surface area (Å²) in [6.45, 7) is 0.219. The van der Waals surface area contributed by atoms with E-state index in [1.54, 1.807) is 25.3 Å². The topological polar surface area (TPSA) is 73.6 Å². The van der Waals surface area contributed by atoms with Crippen LogP contribution in [0, 0.1) is 5.92 Å². The quantitative estimate of drug-likeness (QED) is 0.416. The van der Waals surface area contributed by atoms with Gasteiger partial charge in [-0.2, -0.15) is 0 Å². The standard InChI is InChI=1S/C24H21ClN2O4S/c1-30-21-10-17(8-9-20(21)31-12-19(28)14-2-3-14)27-13-26-18-11-22(32-23(18)24(27)29)15-4-6-16(25)7-5-15/h4-11,13-14,19,28H,2-3,12H2,1H3/t19-/m1/s1. The highest BCUT2D eigenvalue weighted by Crippen LogP contribution is 2.35. The molecule has 2 aromatic heterocycles. The zero-order valence-corrected chi connectivity index (χ0v) is 18.9. The lowest BCUT2D eigenvalue weighted by atomic mass is 10.2. The van der Waals surface area contributed by atoms with Crippen LogP contribution in [0.15, 0.2) is 59.7 Å². The summed E-state index contributed by atoms with van der Waals surface area (Å²) in [5.41, 5.74) is 2.11. The molecule has 32 heavy (non-hydrogen) atoms. The first kappa shape index (κ1) is 21.0. The van der Waals surface area contributed by atoms with E-state index in [0.29, 0.717) is 38.3 Å². The zero-order valence-electron chi connectivity index (χ0n) is 17.3. The number of aliphatic hydroxyl groups excluding tert-OH is 1. The van der Waals surface area contributed by atoms with E-state index in [1.165, 1.54) is 22.2 Å². The Labute approximate surface area is 193 Å². The maximum Gasteiger partial charge on any atom is 0.275 e. The lowest BCUT2D eigenvalue weighted by Crippen LogP contribution is -2.20. The van der Waals surface area contributed by atoms with Gasteiger partial charge in [-0.25, -0.2) is 4.98 Å². The van der Waals surface area contributed by atoms with Crippen molar-refractivity contribution in [2.24, 2.45) is 5.92 Å². The second kappa shape index (κ2) is 8.58. The number of hydrogen-bond acceptors (Lipinski definition) is 6. The third-order valence-electron chi connectivity index (χ3n) is 5.57. The van der Waals surface area contributed by atoms with Crippen molar-refractivity contribution in [3.63, 3.8) is 0 Å². The van der Waals surface area contributed by atoms with E-state index in [9.17, 15) is 9.90 Å². The summed E-state index contributed by atoms with van der Waals surface area (Å²) >= 11 is 7.39. The minimum absolute atomic E-state index is 0.153. The molecular weight excluding hydrogens is 448 g/mol. The molecule has 1 aliphatic rings. The first-order chi connectivity index (χ1) is 15.5. The molecule has 5 rings (SSSR count). The molecule has 1 aliphatic carbocycles. The normalized spacial score (nSPS) is 14.5. The third-order valence-corrected chi connectivity index (χ3v) is 6.98. The summed E-state index contributed by atoms with van der Waals surface area (Å²) in [5.74, 6) is 1.35. The van der Waals surface area contributed by atoms with Gasteiger partial charge in [0, 0.05) is 16.0 Å². The van der Waals surface area contributed by atoms with Gasteiger partial charge in [0.1, 0.15) is 17.6 Å². The van der Waals surface area contributed by atoms with Crippen LogP contribution < -0.4 is 15.0 Å². The maximum absolute atomic E-state index is 13.2. The van der Waals surface area contributed by atoms with Crippen molar-refractivity contribution in [3.8, 4) is 27.6 Å². The Balaban J connectivity index is 1.46. The van der Waals surface area contributed by atoms with Crippen molar-refractivity contribution < 1.29 is 14.6 Å². The molecular formula is C24H21ClN2O4S. The molecule has 0 unspecified atom stereocenters. The SMILES string of the molecule is COc1cc(-n2cnc3cc(-c4ccc(Cl)cc4)sc3c2=O)ccc1OC[C@@H](O)C1CC1. The predicted molar refractivity (Wildman–Crippen MR) is 126 cm³/mol. The van der Waals surface area contributed by atoms with Crippen molar-refractivity contribution >= 4 is 33.2 Å². The number of ether oxygens (including phenoxy) is 2. The predicted octanol–water partition coefficient (Wildman–Crippen LogP) is 4.93. The van der Waals surface area contributed by atoms with Gasteiger partial charge in [-0.1, -0.05) is 23.7 Å². The Morgan fingerprint density at radius 1 is 1.19 bits per heavy atom. The van der Waals surface area contributed by atoms with Gasteiger partial charge in [0.2, 0.25) is 0 Å². The Kier molecular flexibility index (Phi) is 5.63. The lowest BCUT2D eigenvalue weighted by Gasteiger charge is -2.15. The van der Waals surface area contributed by atoms with E-state index >= 15 is 0 Å². The van der Waals surface area contributed by atoms with Crippen molar-refractivity contribution in [1.82, 2.24) is 9.55 Å².